The molecule has 0 saturated heterocycles. The number of alkyl halides is 6. The maximum atomic E-state index is 12.7. The normalized spacial score (nSPS) is 13.7. The molecule has 1 aromatic carbocycles. The van der Waals surface area contributed by atoms with Crippen LogP contribution in [0.3, 0.4) is 0 Å². The van der Waals surface area contributed by atoms with E-state index < -0.39 is 31.8 Å². The lowest BCUT2D eigenvalue weighted by Crippen LogP contribution is -2.32. The molecule has 0 aromatic heterocycles. The van der Waals surface area contributed by atoms with Crippen LogP contribution in [0.2, 0.25) is 13.1 Å². The summed E-state index contributed by atoms with van der Waals surface area (Å²) in [6.45, 7) is 3.45. The van der Waals surface area contributed by atoms with E-state index in [1.165, 1.54) is 7.11 Å². The topological polar surface area (TPSA) is 9.23 Å². The minimum Gasteiger partial charge on any atom is -0.420 e. The molecule has 8 heteroatoms. The first-order valence-corrected chi connectivity index (χ1v) is 8.80. The molecule has 1 nitrogen and oxygen atoms in total. The highest BCUT2D eigenvalue weighted by Crippen LogP contribution is 2.36. The van der Waals surface area contributed by atoms with E-state index in [2.05, 4.69) is 0 Å². The summed E-state index contributed by atoms with van der Waals surface area (Å²) < 4.78 is 81.2. The summed E-state index contributed by atoms with van der Waals surface area (Å²) in [7, 11) is -0.910. The molecule has 0 unspecified atom stereocenters. The van der Waals surface area contributed by atoms with Crippen LogP contribution in [0, 0.1) is 0 Å². The number of rotatable bonds is 3. The highest BCUT2D eigenvalue weighted by atomic mass is 28.4. The Labute approximate surface area is 113 Å². The lowest BCUT2D eigenvalue weighted by Gasteiger charge is -2.21. The Hall–Kier alpha value is -1.02. The fourth-order valence-corrected chi connectivity index (χ4v) is 3.02. The average molecular weight is 316 g/mol. The van der Waals surface area contributed by atoms with Gasteiger partial charge in [-0.3, -0.25) is 0 Å². The van der Waals surface area contributed by atoms with E-state index in [0.717, 1.165) is 12.1 Å². The zero-order valence-corrected chi connectivity index (χ0v) is 12.1. The molecule has 20 heavy (non-hydrogen) atoms. The molecule has 0 aliphatic rings. The summed E-state index contributed by atoms with van der Waals surface area (Å²) in [4.78, 5) is 0. The van der Waals surface area contributed by atoms with Crippen LogP contribution >= 0.6 is 0 Å². The van der Waals surface area contributed by atoms with Crippen LogP contribution in [-0.2, 0) is 22.8 Å². The number of halogens is 6. The zero-order chi connectivity index (χ0) is 15.8. The fourth-order valence-electron chi connectivity index (χ4n) is 1.69. The maximum Gasteiger partial charge on any atom is 0.416 e. The number of hydrogen-bond donors (Lipinski definition) is 0. The molecule has 114 valence electrons. The van der Waals surface area contributed by atoms with Gasteiger partial charge in [0.2, 0.25) is 0 Å². The second kappa shape index (κ2) is 5.40. The zero-order valence-electron chi connectivity index (χ0n) is 11.1. The molecule has 0 radical (unpaired) electrons. The molecule has 1 aromatic rings. The number of benzene rings is 1. The monoisotopic (exact) mass is 316 g/mol. The van der Waals surface area contributed by atoms with Gasteiger partial charge in [0.1, 0.15) is 0 Å². The molecule has 1 rings (SSSR count). The molecule has 0 spiro atoms. The lowest BCUT2D eigenvalue weighted by atomic mass is 10.1. The summed E-state index contributed by atoms with van der Waals surface area (Å²) in [6, 6.07) is 1.72. The van der Waals surface area contributed by atoms with Gasteiger partial charge in [-0.25, -0.2) is 0 Å². The van der Waals surface area contributed by atoms with Gasteiger partial charge in [0.25, 0.3) is 0 Å². The van der Waals surface area contributed by atoms with Crippen LogP contribution in [0.5, 0.6) is 0 Å². The van der Waals surface area contributed by atoms with E-state index in [1.54, 1.807) is 13.1 Å². The predicted molar refractivity (Wildman–Crippen MR) is 64.6 cm³/mol. The molecular formula is C12H14F6OSi. The summed E-state index contributed by atoms with van der Waals surface area (Å²) in [5, 5.41) is 0. The smallest absolute Gasteiger partial charge is 0.416 e. The Bertz CT molecular complexity index is 446. The van der Waals surface area contributed by atoms with Crippen LogP contribution in [0.1, 0.15) is 16.7 Å². The van der Waals surface area contributed by atoms with E-state index in [-0.39, 0.29) is 17.7 Å². The van der Waals surface area contributed by atoms with Crippen molar-refractivity contribution in [2.24, 2.45) is 0 Å². The Kier molecular flexibility index (Phi) is 4.60. The van der Waals surface area contributed by atoms with Crippen molar-refractivity contribution < 1.29 is 30.8 Å². The van der Waals surface area contributed by atoms with Crippen molar-refractivity contribution in [3.05, 3.63) is 34.9 Å². The molecule has 0 heterocycles. The first-order valence-electron chi connectivity index (χ1n) is 5.69. The molecule has 0 saturated carbocycles. The first-order chi connectivity index (χ1) is 8.85. The van der Waals surface area contributed by atoms with E-state index in [1.807, 2.05) is 0 Å². The van der Waals surface area contributed by atoms with Gasteiger partial charge < -0.3 is 4.43 Å². The summed E-state index contributed by atoms with van der Waals surface area (Å²) in [5.74, 6) is 0. The van der Waals surface area contributed by atoms with Crippen molar-refractivity contribution >= 4 is 8.32 Å². The largest absolute Gasteiger partial charge is 0.420 e. The lowest BCUT2D eigenvalue weighted by molar-refractivity contribution is -0.143. The third-order valence-corrected chi connectivity index (χ3v) is 5.19. The second-order valence-electron chi connectivity index (χ2n) is 5.05. The van der Waals surface area contributed by atoms with Gasteiger partial charge in [-0.15, -0.1) is 0 Å². The number of hydrogen-bond acceptors (Lipinski definition) is 1. The van der Waals surface area contributed by atoms with E-state index in [4.69, 9.17) is 4.43 Å². The van der Waals surface area contributed by atoms with E-state index >= 15 is 0 Å². The van der Waals surface area contributed by atoms with Crippen molar-refractivity contribution in [1.82, 2.24) is 0 Å². The molecule has 0 bridgehead atoms. The molecule has 0 fully saturated rings. The highest BCUT2D eigenvalue weighted by molar-refractivity contribution is 6.70. The van der Waals surface area contributed by atoms with Crippen LogP contribution < -0.4 is 0 Å². The Morgan fingerprint density at radius 3 is 1.60 bits per heavy atom. The van der Waals surface area contributed by atoms with Gasteiger partial charge in [0.05, 0.1) is 11.1 Å². The third kappa shape index (κ3) is 4.52. The Morgan fingerprint density at radius 1 is 0.900 bits per heavy atom. The maximum absolute atomic E-state index is 12.7. The third-order valence-electron chi connectivity index (χ3n) is 2.83. The van der Waals surface area contributed by atoms with Gasteiger partial charge in [0, 0.05) is 7.11 Å². The molecular weight excluding hydrogens is 302 g/mol. The summed E-state index contributed by atoms with van der Waals surface area (Å²) >= 11 is 0. The molecule has 0 N–H and O–H groups in total. The van der Waals surface area contributed by atoms with Crippen molar-refractivity contribution in [2.75, 3.05) is 7.11 Å². The molecule has 0 amide bonds. The van der Waals surface area contributed by atoms with Gasteiger partial charge in [0.15, 0.2) is 8.32 Å². The average Bonchev–Trinajstić information content (AvgIpc) is 2.25. The Balaban J connectivity index is 3.32. The van der Waals surface area contributed by atoms with Gasteiger partial charge in [-0.1, -0.05) is 0 Å². The van der Waals surface area contributed by atoms with Crippen molar-refractivity contribution in [1.29, 1.82) is 0 Å². The molecule has 0 atom stereocenters. The fraction of sp³-hybridized carbons (Fsp3) is 0.500. The van der Waals surface area contributed by atoms with Gasteiger partial charge in [-0.2, -0.15) is 26.3 Å². The molecule has 0 aliphatic heterocycles. The highest BCUT2D eigenvalue weighted by Gasteiger charge is 2.37. The summed E-state index contributed by atoms with van der Waals surface area (Å²) in [5.41, 5.74) is -2.59. The minimum absolute atomic E-state index is 0.00864. The van der Waals surface area contributed by atoms with Crippen LogP contribution in [-0.4, -0.2) is 15.4 Å². The van der Waals surface area contributed by atoms with Crippen molar-refractivity contribution in [3.8, 4) is 0 Å². The predicted octanol–water partition coefficient (Wildman–Crippen LogP) is 4.66. The first kappa shape index (κ1) is 17.0. The van der Waals surface area contributed by atoms with Crippen molar-refractivity contribution in [2.45, 2.75) is 31.5 Å². The van der Waals surface area contributed by atoms with E-state index in [0.29, 0.717) is 0 Å². The van der Waals surface area contributed by atoms with Crippen LogP contribution in [0.4, 0.5) is 26.3 Å². The second-order valence-corrected chi connectivity index (χ2v) is 9.34. The summed E-state index contributed by atoms with van der Waals surface area (Å²) in [6.07, 6.45) is -9.62. The SMILES string of the molecule is CO[Si](C)(C)Cc1cc(C(F)(F)F)cc(C(F)(F)F)c1. The van der Waals surface area contributed by atoms with E-state index in [9.17, 15) is 26.3 Å². The van der Waals surface area contributed by atoms with Gasteiger partial charge >= 0.3 is 12.4 Å². The van der Waals surface area contributed by atoms with Crippen molar-refractivity contribution in [3.63, 3.8) is 0 Å². The van der Waals surface area contributed by atoms with Crippen LogP contribution in [0.25, 0.3) is 0 Å². The van der Waals surface area contributed by atoms with Gasteiger partial charge in [-0.05, 0) is 42.9 Å². The molecule has 0 aliphatic carbocycles. The standard InChI is InChI=1S/C12H14F6OSi/c1-19-20(2,3)7-8-4-9(11(13,14)15)6-10(5-8)12(16,17)18/h4-6H,7H2,1-3H3. The Morgan fingerprint density at radius 2 is 1.30 bits per heavy atom. The van der Waals surface area contributed by atoms with Crippen LogP contribution in [0.15, 0.2) is 18.2 Å². The quantitative estimate of drug-likeness (QED) is 0.582. The minimum atomic E-state index is -4.81.